The number of benzene rings is 1. The maximum atomic E-state index is 12.6. The number of nitrogens with two attached hydrogens (primary N) is 1. The molecule has 0 spiro atoms. The van der Waals surface area contributed by atoms with Crippen molar-refractivity contribution in [3.63, 3.8) is 0 Å². The highest BCUT2D eigenvalue weighted by Gasteiger charge is 2.37. The lowest BCUT2D eigenvalue weighted by atomic mass is 9.74. The van der Waals surface area contributed by atoms with E-state index in [0.717, 1.165) is 36.9 Å². The summed E-state index contributed by atoms with van der Waals surface area (Å²) in [5.74, 6) is 0.846. The SMILES string of the molecule is Cc1nc(-c2cccc(NC(=O)C3CCCCC3(C)N)c2)no1.Cl. The largest absolute Gasteiger partial charge is 0.339 e. The average molecular weight is 351 g/mol. The molecular formula is C17H23ClN4O2. The number of halogens is 1. The van der Waals surface area contributed by atoms with Gasteiger partial charge < -0.3 is 15.6 Å². The number of carbonyl (C=O) groups excluding carboxylic acids is 1. The highest BCUT2D eigenvalue weighted by molar-refractivity contribution is 5.94. The van der Waals surface area contributed by atoms with E-state index in [1.807, 2.05) is 31.2 Å². The molecule has 6 nitrogen and oxygen atoms in total. The number of rotatable bonds is 3. The quantitative estimate of drug-likeness (QED) is 0.885. The normalized spacial score (nSPS) is 23.4. The van der Waals surface area contributed by atoms with E-state index in [1.165, 1.54) is 0 Å². The lowest BCUT2D eigenvalue weighted by molar-refractivity contribution is -0.122. The Morgan fingerprint density at radius 1 is 1.42 bits per heavy atom. The number of anilines is 1. The molecule has 1 aliphatic rings. The second-order valence-electron chi connectivity index (χ2n) is 6.51. The van der Waals surface area contributed by atoms with Crippen molar-refractivity contribution in [2.45, 2.75) is 45.1 Å². The molecule has 1 saturated carbocycles. The summed E-state index contributed by atoms with van der Waals surface area (Å²) in [7, 11) is 0. The molecule has 24 heavy (non-hydrogen) atoms. The van der Waals surface area contributed by atoms with Gasteiger partial charge in [0.2, 0.25) is 17.6 Å². The molecule has 1 fully saturated rings. The van der Waals surface area contributed by atoms with Crippen molar-refractivity contribution in [3.05, 3.63) is 30.2 Å². The first kappa shape index (κ1) is 18.4. The van der Waals surface area contributed by atoms with Gasteiger partial charge in [0.25, 0.3) is 0 Å². The Hall–Kier alpha value is -1.92. The number of nitrogens with zero attached hydrogens (tertiary/aromatic N) is 2. The first-order chi connectivity index (χ1) is 11.0. The third-order valence-corrected chi connectivity index (χ3v) is 4.49. The molecule has 130 valence electrons. The van der Waals surface area contributed by atoms with Gasteiger partial charge >= 0.3 is 0 Å². The van der Waals surface area contributed by atoms with Crippen LogP contribution in [0.25, 0.3) is 11.4 Å². The van der Waals surface area contributed by atoms with Crippen molar-refractivity contribution >= 4 is 24.0 Å². The second kappa shape index (κ2) is 7.32. The Bertz CT molecular complexity index is 714. The molecule has 0 saturated heterocycles. The van der Waals surface area contributed by atoms with Gasteiger partial charge in [-0.3, -0.25) is 4.79 Å². The molecule has 7 heteroatoms. The van der Waals surface area contributed by atoms with Crippen LogP contribution in [-0.4, -0.2) is 21.6 Å². The lowest BCUT2D eigenvalue weighted by Crippen LogP contribution is -2.51. The van der Waals surface area contributed by atoms with Crippen molar-refractivity contribution in [1.82, 2.24) is 10.1 Å². The highest BCUT2D eigenvalue weighted by atomic mass is 35.5. The van der Waals surface area contributed by atoms with Gasteiger partial charge in [0.15, 0.2) is 0 Å². The van der Waals surface area contributed by atoms with Crippen LogP contribution in [0.4, 0.5) is 5.69 Å². The molecular weight excluding hydrogens is 328 g/mol. The van der Waals surface area contributed by atoms with Crippen molar-refractivity contribution in [1.29, 1.82) is 0 Å². The molecule has 1 aromatic heterocycles. The van der Waals surface area contributed by atoms with E-state index in [-0.39, 0.29) is 24.2 Å². The van der Waals surface area contributed by atoms with Gasteiger partial charge in [0.05, 0.1) is 5.92 Å². The van der Waals surface area contributed by atoms with Crippen LogP contribution < -0.4 is 11.1 Å². The number of carbonyl (C=O) groups is 1. The van der Waals surface area contributed by atoms with Crippen LogP contribution in [0.1, 0.15) is 38.5 Å². The van der Waals surface area contributed by atoms with Gasteiger partial charge in [-0.25, -0.2) is 0 Å². The summed E-state index contributed by atoms with van der Waals surface area (Å²) < 4.78 is 5.00. The van der Waals surface area contributed by atoms with Gasteiger partial charge in [-0.2, -0.15) is 4.98 Å². The lowest BCUT2D eigenvalue weighted by Gasteiger charge is -2.37. The minimum absolute atomic E-state index is 0. The first-order valence-corrected chi connectivity index (χ1v) is 7.96. The number of hydrogen-bond acceptors (Lipinski definition) is 5. The van der Waals surface area contributed by atoms with E-state index >= 15 is 0 Å². The molecule has 1 aromatic carbocycles. The Labute approximate surface area is 147 Å². The minimum atomic E-state index is -0.440. The first-order valence-electron chi connectivity index (χ1n) is 7.96. The molecule has 2 aromatic rings. The maximum absolute atomic E-state index is 12.6. The van der Waals surface area contributed by atoms with Crippen LogP contribution >= 0.6 is 12.4 Å². The number of aromatic nitrogens is 2. The van der Waals surface area contributed by atoms with Crippen LogP contribution in [0.5, 0.6) is 0 Å². The Kier molecular flexibility index (Phi) is 5.62. The van der Waals surface area contributed by atoms with Gasteiger partial charge in [0.1, 0.15) is 0 Å². The Balaban J connectivity index is 0.00000208. The van der Waals surface area contributed by atoms with Crippen molar-refractivity contribution in [2.75, 3.05) is 5.32 Å². The molecule has 1 amide bonds. The molecule has 0 radical (unpaired) electrons. The topological polar surface area (TPSA) is 94.0 Å². The van der Waals surface area contributed by atoms with Crippen molar-refractivity contribution in [2.24, 2.45) is 11.7 Å². The number of hydrogen-bond donors (Lipinski definition) is 2. The average Bonchev–Trinajstić information content (AvgIpc) is 2.93. The summed E-state index contributed by atoms with van der Waals surface area (Å²) in [6.45, 7) is 3.71. The Morgan fingerprint density at radius 3 is 2.88 bits per heavy atom. The summed E-state index contributed by atoms with van der Waals surface area (Å²) in [5, 5.41) is 6.88. The van der Waals surface area contributed by atoms with Crippen LogP contribution in [0, 0.1) is 12.8 Å². The molecule has 3 N–H and O–H groups in total. The van der Waals surface area contributed by atoms with Crippen molar-refractivity contribution in [3.8, 4) is 11.4 Å². The van der Waals surface area contributed by atoms with E-state index in [0.29, 0.717) is 11.7 Å². The monoisotopic (exact) mass is 350 g/mol. The molecule has 0 bridgehead atoms. The summed E-state index contributed by atoms with van der Waals surface area (Å²) in [6.07, 6.45) is 3.85. The summed E-state index contributed by atoms with van der Waals surface area (Å²) in [6, 6.07) is 7.44. The fourth-order valence-corrected chi connectivity index (χ4v) is 3.17. The fourth-order valence-electron chi connectivity index (χ4n) is 3.17. The Morgan fingerprint density at radius 2 is 2.21 bits per heavy atom. The van der Waals surface area contributed by atoms with E-state index in [9.17, 15) is 4.79 Å². The number of amides is 1. The molecule has 1 heterocycles. The minimum Gasteiger partial charge on any atom is -0.339 e. The van der Waals surface area contributed by atoms with E-state index in [2.05, 4.69) is 15.5 Å². The summed E-state index contributed by atoms with van der Waals surface area (Å²) in [5.41, 5.74) is 7.39. The van der Waals surface area contributed by atoms with Crippen LogP contribution in [0.3, 0.4) is 0 Å². The number of aryl methyl sites for hydroxylation is 1. The van der Waals surface area contributed by atoms with Crippen LogP contribution in [-0.2, 0) is 4.79 Å². The van der Waals surface area contributed by atoms with Crippen molar-refractivity contribution < 1.29 is 9.32 Å². The zero-order valence-corrected chi connectivity index (χ0v) is 14.7. The molecule has 2 atom stereocenters. The highest BCUT2D eigenvalue weighted by Crippen LogP contribution is 2.32. The second-order valence-corrected chi connectivity index (χ2v) is 6.51. The summed E-state index contributed by atoms with van der Waals surface area (Å²) >= 11 is 0. The fraction of sp³-hybridized carbons (Fsp3) is 0.471. The van der Waals surface area contributed by atoms with Gasteiger partial charge in [-0.15, -0.1) is 12.4 Å². The van der Waals surface area contributed by atoms with Crippen LogP contribution in [0.2, 0.25) is 0 Å². The zero-order valence-electron chi connectivity index (χ0n) is 13.9. The predicted molar refractivity (Wildman–Crippen MR) is 94.9 cm³/mol. The van der Waals surface area contributed by atoms with Gasteiger partial charge in [-0.1, -0.05) is 30.1 Å². The van der Waals surface area contributed by atoms with Crippen LogP contribution in [0.15, 0.2) is 28.8 Å². The number of nitrogens with one attached hydrogen (secondary N) is 1. The third kappa shape index (κ3) is 3.94. The zero-order chi connectivity index (χ0) is 16.4. The van der Waals surface area contributed by atoms with E-state index < -0.39 is 5.54 Å². The maximum Gasteiger partial charge on any atom is 0.229 e. The third-order valence-electron chi connectivity index (χ3n) is 4.49. The molecule has 0 aliphatic heterocycles. The van der Waals surface area contributed by atoms with E-state index in [4.69, 9.17) is 10.3 Å². The molecule has 1 aliphatic carbocycles. The van der Waals surface area contributed by atoms with Gasteiger partial charge in [-0.05, 0) is 31.9 Å². The van der Waals surface area contributed by atoms with Gasteiger partial charge in [0, 0.05) is 23.7 Å². The predicted octanol–water partition coefficient (Wildman–Crippen LogP) is 3.31. The summed E-state index contributed by atoms with van der Waals surface area (Å²) in [4.78, 5) is 16.8. The smallest absolute Gasteiger partial charge is 0.229 e. The molecule has 2 unspecified atom stereocenters. The standard InChI is InChI=1S/C17H22N4O2.ClH/c1-11-19-15(21-23-11)12-6-5-7-13(10-12)20-16(22)14-8-3-4-9-17(14,2)18;/h5-7,10,14H,3-4,8-9,18H2,1-2H3,(H,20,22);1H. The van der Waals surface area contributed by atoms with E-state index in [1.54, 1.807) is 6.92 Å². The molecule has 3 rings (SSSR count).